The van der Waals surface area contributed by atoms with Gasteiger partial charge < -0.3 is 9.64 Å². The van der Waals surface area contributed by atoms with Crippen molar-refractivity contribution in [3.8, 4) is 0 Å². The molecule has 0 spiro atoms. The SMILES string of the molecule is c1cnc2ccc(Cn3nnc4ccc(N5CCOCC5)nc43)cc2c1. The van der Waals surface area contributed by atoms with Crippen LogP contribution >= 0.6 is 0 Å². The number of morpholine rings is 1. The number of hydrogen-bond acceptors (Lipinski definition) is 6. The third kappa shape index (κ3) is 2.76. The van der Waals surface area contributed by atoms with Gasteiger partial charge in [-0.2, -0.15) is 0 Å². The summed E-state index contributed by atoms with van der Waals surface area (Å²) in [5, 5.41) is 9.68. The first-order valence-electron chi connectivity index (χ1n) is 8.73. The molecule has 1 saturated heterocycles. The Morgan fingerprint density at radius 2 is 1.88 bits per heavy atom. The maximum atomic E-state index is 5.43. The van der Waals surface area contributed by atoms with Crippen LogP contribution in [0.5, 0.6) is 0 Å². The van der Waals surface area contributed by atoms with Crippen LogP contribution in [0.2, 0.25) is 0 Å². The van der Waals surface area contributed by atoms with Crippen LogP contribution in [0.3, 0.4) is 0 Å². The molecular weight excluding hydrogens is 328 g/mol. The van der Waals surface area contributed by atoms with Crippen LogP contribution in [0, 0.1) is 0 Å². The molecule has 0 atom stereocenters. The average molecular weight is 346 g/mol. The first-order chi connectivity index (χ1) is 12.9. The number of benzene rings is 1. The highest BCUT2D eigenvalue weighted by Crippen LogP contribution is 2.19. The highest BCUT2D eigenvalue weighted by molar-refractivity contribution is 5.79. The highest BCUT2D eigenvalue weighted by atomic mass is 16.5. The van der Waals surface area contributed by atoms with Crippen LogP contribution in [0.25, 0.3) is 22.1 Å². The van der Waals surface area contributed by atoms with E-state index in [0.717, 1.165) is 59.8 Å². The first-order valence-corrected chi connectivity index (χ1v) is 8.73. The van der Waals surface area contributed by atoms with Crippen molar-refractivity contribution < 1.29 is 4.74 Å². The summed E-state index contributed by atoms with van der Waals surface area (Å²) in [6, 6.07) is 14.3. The Morgan fingerprint density at radius 3 is 2.81 bits per heavy atom. The van der Waals surface area contributed by atoms with Crippen LogP contribution in [-0.4, -0.2) is 51.3 Å². The molecule has 3 aromatic heterocycles. The fourth-order valence-corrected chi connectivity index (χ4v) is 3.32. The van der Waals surface area contributed by atoms with Crippen molar-refractivity contribution in [2.75, 3.05) is 31.2 Å². The Morgan fingerprint density at radius 1 is 1.00 bits per heavy atom. The van der Waals surface area contributed by atoms with Gasteiger partial charge in [0.05, 0.1) is 25.3 Å². The van der Waals surface area contributed by atoms with E-state index in [-0.39, 0.29) is 0 Å². The number of pyridine rings is 2. The Hall–Kier alpha value is -3.06. The van der Waals surface area contributed by atoms with Gasteiger partial charge in [-0.05, 0) is 35.9 Å². The molecule has 1 aliphatic rings. The van der Waals surface area contributed by atoms with E-state index in [1.165, 1.54) is 0 Å². The molecule has 0 amide bonds. The van der Waals surface area contributed by atoms with Crippen molar-refractivity contribution in [2.45, 2.75) is 6.54 Å². The smallest absolute Gasteiger partial charge is 0.180 e. The third-order valence-electron chi connectivity index (χ3n) is 4.68. The lowest BCUT2D eigenvalue weighted by molar-refractivity contribution is 0.122. The number of hydrogen-bond donors (Lipinski definition) is 0. The second-order valence-corrected chi connectivity index (χ2v) is 6.39. The molecule has 1 fully saturated rings. The van der Waals surface area contributed by atoms with E-state index >= 15 is 0 Å². The van der Waals surface area contributed by atoms with Crippen LogP contribution in [0.15, 0.2) is 48.7 Å². The minimum Gasteiger partial charge on any atom is -0.378 e. The highest BCUT2D eigenvalue weighted by Gasteiger charge is 2.15. The predicted molar refractivity (Wildman–Crippen MR) is 99.2 cm³/mol. The molecule has 1 aliphatic heterocycles. The standard InChI is InChI=1S/C19H18N6O/c1-2-15-12-14(3-4-16(15)20-7-1)13-25-19-17(22-23-25)5-6-18(21-19)24-8-10-26-11-9-24/h1-7,12H,8-11,13H2. The lowest BCUT2D eigenvalue weighted by Crippen LogP contribution is -2.36. The van der Waals surface area contributed by atoms with Gasteiger partial charge in [0.2, 0.25) is 0 Å². The molecule has 0 saturated carbocycles. The summed E-state index contributed by atoms with van der Waals surface area (Å²) in [5.74, 6) is 0.951. The largest absolute Gasteiger partial charge is 0.378 e. The number of anilines is 1. The van der Waals surface area contributed by atoms with E-state index in [9.17, 15) is 0 Å². The van der Waals surface area contributed by atoms with E-state index in [0.29, 0.717) is 6.54 Å². The van der Waals surface area contributed by atoms with E-state index in [1.807, 2.05) is 35.1 Å². The number of aromatic nitrogens is 5. The summed E-state index contributed by atoms with van der Waals surface area (Å²) in [6.45, 7) is 3.82. The maximum absolute atomic E-state index is 5.43. The molecule has 1 aromatic carbocycles. The summed E-state index contributed by atoms with van der Waals surface area (Å²) in [7, 11) is 0. The van der Waals surface area contributed by atoms with Gasteiger partial charge in [0.1, 0.15) is 11.3 Å². The minimum absolute atomic E-state index is 0.626. The maximum Gasteiger partial charge on any atom is 0.180 e. The molecule has 26 heavy (non-hydrogen) atoms. The monoisotopic (exact) mass is 346 g/mol. The van der Waals surface area contributed by atoms with Crippen molar-refractivity contribution in [1.29, 1.82) is 0 Å². The minimum atomic E-state index is 0.626. The number of nitrogens with zero attached hydrogens (tertiary/aromatic N) is 6. The average Bonchev–Trinajstić information content (AvgIpc) is 3.10. The molecule has 4 aromatic rings. The predicted octanol–water partition coefficient (Wildman–Crippen LogP) is 2.26. The molecule has 0 N–H and O–H groups in total. The van der Waals surface area contributed by atoms with Gasteiger partial charge in [-0.25, -0.2) is 9.67 Å². The number of rotatable bonds is 3. The fraction of sp³-hybridized carbons (Fsp3) is 0.263. The summed E-state index contributed by atoms with van der Waals surface area (Å²) in [4.78, 5) is 11.4. The fourth-order valence-electron chi connectivity index (χ4n) is 3.32. The van der Waals surface area contributed by atoms with E-state index in [2.05, 4.69) is 38.4 Å². The summed E-state index contributed by atoms with van der Waals surface area (Å²) < 4.78 is 7.29. The summed E-state index contributed by atoms with van der Waals surface area (Å²) >= 11 is 0. The van der Waals surface area contributed by atoms with Crippen molar-refractivity contribution in [3.63, 3.8) is 0 Å². The van der Waals surface area contributed by atoms with E-state index in [1.54, 1.807) is 0 Å². The lowest BCUT2D eigenvalue weighted by Gasteiger charge is -2.27. The second-order valence-electron chi connectivity index (χ2n) is 6.39. The van der Waals surface area contributed by atoms with Gasteiger partial charge in [-0.1, -0.05) is 17.3 Å². The Labute approximate surface area is 150 Å². The zero-order chi connectivity index (χ0) is 17.3. The molecule has 0 aliphatic carbocycles. The second kappa shape index (κ2) is 6.34. The molecule has 130 valence electrons. The van der Waals surface area contributed by atoms with Gasteiger partial charge in [0.25, 0.3) is 0 Å². The molecule has 4 heterocycles. The first kappa shape index (κ1) is 15.2. The lowest BCUT2D eigenvalue weighted by atomic mass is 10.1. The molecule has 0 bridgehead atoms. The quantitative estimate of drug-likeness (QED) is 0.567. The van der Waals surface area contributed by atoms with Crippen molar-refractivity contribution in [3.05, 3.63) is 54.2 Å². The van der Waals surface area contributed by atoms with Gasteiger partial charge in [0, 0.05) is 24.7 Å². The molecule has 7 heteroatoms. The zero-order valence-corrected chi connectivity index (χ0v) is 14.2. The Kier molecular flexibility index (Phi) is 3.71. The van der Waals surface area contributed by atoms with E-state index < -0.39 is 0 Å². The van der Waals surface area contributed by atoms with Crippen LogP contribution in [0.1, 0.15) is 5.56 Å². The third-order valence-corrected chi connectivity index (χ3v) is 4.68. The van der Waals surface area contributed by atoms with Crippen molar-refractivity contribution in [2.24, 2.45) is 0 Å². The topological polar surface area (TPSA) is 69.0 Å². The Balaban J connectivity index is 1.49. The van der Waals surface area contributed by atoms with Crippen molar-refractivity contribution >= 4 is 27.9 Å². The molecule has 5 rings (SSSR count). The van der Waals surface area contributed by atoms with Gasteiger partial charge in [-0.15, -0.1) is 5.10 Å². The van der Waals surface area contributed by atoms with Crippen LogP contribution < -0.4 is 4.90 Å². The molecule has 0 unspecified atom stereocenters. The van der Waals surface area contributed by atoms with Crippen molar-refractivity contribution in [1.82, 2.24) is 25.0 Å². The molecule has 7 nitrogen and oxygen atoms in total. The number of fused-ring (bicyclic) bond motifs is 2. The summed E-state index contributed by atoms with van der Waals surface area (Å²) in [6.07, 6.45) is 1.81. The zero-order valence-electron chi connectivity index (χ0n) is 14.2. The van der Waals surface area contributed by atoms with Crippen LogP contribution in [0.4, 0.5) is 5.82 Å². The summed E-state index contributed by atoms with van der Waals surface area (Å²) in [5.41, 5.74) is 3.76. The molecular formula is C19H18N6O. The Bertz CT molecular complexity index is 1070. The normalized spacial score (nSPS) is 15.0. The van der Waals surface area contributed by atoms with Gasteiger partial charge >= 0.3 is 0 Å². The number of ether oxygens (including phenoxy) is 1. The van der Waals surface area contributed by atoms with Gasteiger partial charge in [0.15, 0.2) is 5.65 Å². The van der Waals surface area contributed by atoms with Crippen LogP contribution in [-0.2, 0) is 11.3 Å². The van der Waals surface area contributed by atoms with Gasteiger partial charge in [-0.3, -0.25) is 4.98 Å². The molecule has 0 radical (unpaired) electrons. The van der Waals surface area contributed by atoms with E-state index in [4.69, 9.17) is 9.72 Å².